The van der Waals surface area contributed by atoms with Crippen molar-refractivity contribution in [3.63, 3.8) is 0 Å². The highest BCUT2D eigenvalue weighted by Crippen LogP contribution is 2.32. The Kier molecular flexibility index (Phi) is 6.94. The van der Waals surface area contributed by atoms with Crippen LogP contribution in [0.2, 0.25) is 10.0 Å². The van der Waals surface area contributed by atoms with E-state index in [1.165, 1.54) is 11.5 Å². The Morgan fingerprint density at radius 1 is 1.11 bits per heavy atom. The van der Waals surface area contributed by atoms with Gasteiger partial charge in [0.15, 0.2) is 11.2 Å². The lowest BCUT2D eigenvalue weighted by Crippen LogP contribution is -2.46. The normalized spacial score (nSPS) is 15.2. The van der Waals surface area contributed by atoms with E-state index < -0.39 is 23.2 Å². The molecular weight excluding hydrogens is 515 g/mol. The monoisotopic (exact) mass is 540 g/mol. The number of fused-ring (bicyclic) bond motifs is 1. The number of hydrogen-bond acceptors (Lipinski definition) is 5. The van der Waals surface area contributed by atoms with E-state index in [0.29, 0.717) is 33.7 Å². The molecule has 1 aliphatic rings. The quantitative estimate of drug-likeness (QED) is 0.388. The fraction of sp³-hybridized carbons (Fsp3) is 0.308. The number of primary amides is 1. The molecule has 1 aliphatic heterocycles. The van der Waals surface area contributed by atoms with Gasteiger partial charge in [-0.15, -0.1) is 0 Å². The van der Waals surface area contributed by atoms with Crippen LogP contribution in [0.3, 0.4) is 0 Å². The molecule has 1 saturated heterocycles. The van der Waals surface area contributed by atoms with Crippen LogP contribution in [0.25, 0.3) is 28.2 Å². The number of piperidine rings is 1. The predicted molar refractivity (Wildman–Crippen MR) is 145 cm³/mol. The summed E-state index contributed by atoms with van der Waals surface area (Å²) in [6, 6.07) is 12.9. The minimum atomic E-state index is -1.15. The molecule has 1 atom stereocenters. The van der Waals surface area contributed by atoms with Crippen molar-refractivity contribution in [1.29, 1.82) is 0 Å². The van der Waals surface area contributed by atoms with Gasteiger partial charge in [-0.3, -0.25) is 18.7 Å². The van der Waals surface area contributed by atoms with Crippen LogP contribution < -0.4 is 22.3 Å². The van der Waals surface area contributed by atoms with Gasteiger partial charge in [0.1, 0.15) is 11.9 Å². The fourth-order valence-corrected chi connectivity index (χ4v) is 5.18. The lowest BCUT2D eigenvalue weighted by atomic mass is 9.98. The molecule has 9 nitrogen and oxygen atoms in total. The van der Waals surface area contributed by atoms with Gasteiger partial charge in [0.05, 0.1) is 5.02 Å². The van der Waals surface area contributed by atoms with Crippen molar-refractivity contribution in [3.8, 4) is 17.1 Å². The van der Waals surface area contributed by atoms with E-state index in [1.54, 1.807) is 47.0 Å². The zero-order valence-electron chi connectivity index (χ0n) is 20.2. The molecule has 37 heavy (non-hydrogen) atoms. The van der Waals surface area contributed by atoms with Gasteiger partial charge < -0.3 is 11.1 Å². The molecule has 11 heteroatoms. The Bertz CT molecular complexity index is 1600. The number of nitrogens with two attached hydrogens (primary N) is 1. The highest BCUT2D eigenvalue weighted by atomic mass is 35.5. The Morgan fingerprint density at radius 2 is 1.78 bits per heavy atom. The average Bonchev–Trinajstić information content (AvgIpc) is 3.28. The highest BCUT2D eigenvalue weighted by Gasteiger charge is 2.28. The third kappa shape index (κ3) is 4.58. The molecule has 1 unspecified atom stereocenters. The van der Waals surface area contributed by atoms with Crippen molar-refractivity contribution in [2.75, 3.05) is 13.1 Å². The summed E-state index contributed by atoms with van der Waals surface area (Å²) >= 11 is 12.7. The molecule has 4 aromatic rings. The number of aromatic nitrogens is 4. The lowest BCUT2D eigenvalue weighted by molar-refractivity contribution is -0.120. The van der Waals surface area contributed by atoms with Crippen LogP contribution in [-0.2, 0) is 11.3 Å². The van der Waals surface area contributed by atoms with Crippen LogP contribution >= 0.6 is 23.2 Å². The summed E-state index contributed by atoms with van der Waals surface area (Å²) in [5.74, 6) is -0.194. The minimum Gasteiger partial charge on any atom is -0.368 e. The number of benzene rings is 2. The number of hydrogen-bond donors (Lipinski definition) is 2. The van der Waals surface area contributed by atoms with Crippen LogP contribution in [0.4, 0.5) is 0 Å². The topological polar surface area (TPSA) is 117 Å². The minimum absolute atomic E-state index is 0.152. The molecule has 3 N–H and O–H groups in total. The number of nitrogens with one attached hydrogen (secondary N) is 1. The van der Waals surface area contributed by atoms with E-state index >= 15 is 0 Å². The molecule has 5 rings (SSSR count). The SMILES string of the molecule is CC(C(N)=O)n1c(=O)c2c(nc(-c3ccccc3Cl)n2-c2ccc(Cl)cc2)n(CC2CCNCC2)c1=O. The van der Waals surface area contributed by atoms with E-state index in [0.717, 1.165) is 30.5 Å². The van der Waals surface area contributed by atoms with Gasteiger partial charge in [0.2, 0.25) is 5.91 Å². The molecular formula is C26H26Cl2N6O3. The second kappa shape index (κ2) is 10.2. The number of nitrogens with zero attached hydrogens (tertiary/aromatic N) is 4. The van der Waals surface area contributed by atoms with Gasteiger partial charge in [-0.25, -0.2) is 14.3 Å². The Balaban J connectivity index is 1.91. The smallest absolute Gasteiger partial charge is 0.333 e. The molecule has 0 saturated carbocycles. The van der Waals surface area contributed by atoms with Crippen molar-refractivity contribution >= 4 is 40.3 Å². The van der Waals surface area contributed by atoms with E-state index in [1.807, 2.05) is 6.07 Å². The lowest BCUT2D eigenvalue weighted by Gasteiger charge is -2.24. The number of halogens is 2. The first-order chi connectivity index (χ1) is 17.8. The van der Waals surface area contributed by atoms with Crippen LogP contribution in [-0.4, -0.2) is 37.7 Å². The number of carbonyl (C=O) groups excluding carboxylic acids is 1. The summed E-state index contributed by atoms with van der Waals surface area (Å²) in [5.41, 5.74) is 5.85. The summed E-state index contributed by atoms with van der Waals surface area (Å²) in [6.07, 6.45) is 1.74. The molecule has 0 aliphatic carbocycles. The molecule has 2 aromatic carbocycles. The molecule has 0 bridgehead atoms. The van der Waals surface area contributed by atoms with Crippen molar-refractivity contribution < 1.29 is 4.79 Å². The largest absolute Gasteiger partial charge is 0.368 e. The first-order valence-corrected chi connectivity index (χ1v) is 12.8. The summed E-state index contributed by atoms with van der Waals surface area (Å²) in [4.78, 5) is 44.7. The summed E-state index contributed by atoms with van der Waals surface area (Å²) in [5, 5.41) is 4.28. The second-order valence-corrected chi connectivity index (χ2v) is 10.1. The molecule has 1 fully saturated rings. The molecule has 3 heterocycles. The van der Waals surface area contributed by atoms with Crippen molar-refractivity contribution in [3.05, 3.63) is 79.4 Å². The predicted octanol–water partition coefficient (Wildman–Crippen LogP) is 3.37. The third-order valence-corrected chi connectivity index (χ3v) is 7.45. The number of amides is 1. The van der Waals surface area contributed by atoms with Gasteiger partial charge in [0, 0.05) is 22.8 Å². The zero-order valence-corrected chi connectivity index (χ0v) is 21.7. The van der Waals surface area contributed by atoms with Crippen molar-refractivity contribution in [2.24, 2.45) is 11.7 Å². The molecule has 2 aromatic heterocycles. The molecule has 192 valence electrons. The van der Waals surface area contributed by atoms with Crippen LogP contribution in [0.5, 0.6) is 0 Å². The maximum atomic E-state index is 13.9. The highest BCUT2D eigenvalue weighted by molar-refractivity contribution is 6.33. The molecule has 0 spiro atoms. The molecule has 0 radical (unpaired) electrons. The maximum absolute atomic E-state index is 13.9. The average molecular weight is 541 g/mol. The van der Waals surface area contributed by atoms with Gasteiger partial charge in [-0.1, -0.05) is 35.3 Å². The standard InChI is InChI=1S/C26H26Cl2N6O3/c1-15(22(29)35)33-25(36)21-24(32(26(33)37)14-16-10-12-30-13-11-16)31-23(19-4-2-3-5-20(19)28)34(21)18-8-6-17(27)7-9-18/h2-9,15-16,30H,10-14H2,1H3,(H2,29,35). The molecule has 1 amide bonds. The summed E-state index contributed by atoms with van der Waals surface area (Å²) < 4.78 is 4.09. The van der Waals surface area contributed by atoms with E-state index in [9.17, 15) is 14.4 Å². The van der Waals surface area contributed by atoms with Crippen LogP contribution in [0.15, 0.2) is 58.1 Å². The van der Waals surface area contributed by atoms with Gasteiger partial charge in [-0.2, -0.15) is 0 Å². The van der Waals surface area contributed by atoms with Gasteiger partial charge in [0.25, 0.3) is 5.56 Å². The summed E-state index contributed by atoms with van der Waals surface area (Å²) in [7, 11) is 0. The maximum Gasteiger partial charge on any atom is 0.333 e. The first kappa shape index (κ1) is 25.3. The number of carbonyl (C=O) groups is 1. The Hall–Kier alpha value is -3.40. The van der Waals surface area contributed by atoms with Gasteiger partial charge >= 0.3 is 5.69 Å². The second-order valence-electron chi connectivity index (χ2n) is 9.24. The van der Waals surface area contributed by atoms with E-state index in [2.05, 4.69) is 5.32 Å². The zero-order chi connectivity index (χ0) is 26.3. The summed E-state index contributed by atoms with van der Waals surface area (Å²) in [6.45, 7) is 3.47. The fourth-order valence-electron chi connectivity index (χ4n) is 4.83. The van der Waals surface area contributed by atoms with Crippen LogP contribution in [0.1, 0.15) is 25.8 Å². The van der Waals surface area contributed by atoms with E-state index in [4.69, 9.17) is 33.9 Å². The van der Waals surface area contributed by atoms with Gasteiger partial charge in [-0.05, 0) is 75.2 Å². The third-order valence-electron chi connectivity index (χ3n) is 6.87. The first-order valence-electron chi connectivity index (χ1n) is 12.1. The Labute approximate surface area is 222 Å². The number of rotatable bonds is 6. The van der Waals surface area contributed by atoms with Crippen molar-refractivity contribution in [1.82, 2.24) is 24.0 Å². The van der Waals surface area contributed by atoms with Crippen molar-refractivity contribution in [2.45, 2.75) is 32.4 Å². The number of imidazole rings is 1. The Morgan fingerprint density at radius 3 is 2.43 bits per heavy atom. The van der Waals surface area contributed by atoms with E-state index in [-0.39, 0.29) is 17.1 Å². The van der Waals surface area contributed by atoms with Crippen LogP contribution in [0, 0.1) is 5.92 Å².